The molecular formula is C31H31N3O2. The molecule has 36 heavy (non-hydrogen) atoms. The zero-order chi connectivity index (χ0) is 24.4. The number of allylic oxidation sites excluding steroid dienone is 2. The van der Waals surface area contributed by atoms with Crippen molar-refractivity contribution < 1.29 is 9.47 Å². The average molecular weight is 478 g/mol. The Morgan fingerprint density at radius 1 is 0.778 bits per heavy atom. The van der Waals surface area contributed by atoms with E-state index in [0.717, 1.165) is 77.8 Å². The summed E-state index contributed by atoms with van der Waals surface area (Å²) in [5, 5.41) is 0. The maximum atomic E-state index is 6.20. The van der Waals surface area contributed by atoms with Gasteiger partial charge < -0.3 is 19.4 Å². The van der Waals surface area contributed by atoms with Gasteiger partial charge in [0.05, 0.1) is 29.4 Å². The van der Waals surface area contributed by atoms with Crippen LogP contribution < -0.4 is 9.47 Å². The SMILES string of the molecule is C1=CC(CCCCCOc2ccccc2)=NC1=Cc1[nH]c(-c2ccc[nH]2)cc1OCc1ccccc1. The number of hydrogen-bond donors (Lipinski definition) is 2. The Balaban J connectivity index is 1.18. The van der Waals surface area contributed by atoms with Crippen molar-refractivity contribution in [1.82, 2.24) is 9.97 Å². The van der Waals surface area contributed by atoms with Crippen molar-refractivity contribution in [3.05, 3.63) is 114 Å². The number of ether oxygens (including phenoxy) is 2. The number of benzene rings is 2. The van der Waals surface area contributed by atoms with Crippen LogP contribution in [0.25, 0.3) is 17.5 Å². The molecule has 0 atom stereocenters. The van der Waals surface area contributed by atoms with Crippen LogP contribution in [0.2, 0.25) is 0 Å². The van der Waals surface area contributed by atoms with Crippen molar-refractivity contribution in [1.29, 1.82) is 0 Å². The summed E-state index contributed by atoms with van der Waals surface area (Å²) in [6, 6.07) is 26.3. The first-order chi connectivity index (χ1) is 17.8. The molecule has 0 saturated carbocycles. The van der Waals surface area contributed by atoms with Gasteiger partial charge in [-0.25, -0.2) is 0 Å². The summed E-state index contributed by atoms with van der Waals surface area (Å²) in [5.74, 6) is 1.75. The molecule has 4 aromatic rings. The number of aromatic amines is 2. The minimum atomic E-state index is 0.511. The molecule has 1 aliphatic heterocycles. The fraction of sp³-hybridized carbons (Fsp3) is 0.194. The first-order valence-corrected chi connectivity index (χ1v) is 12.5. The lowest BCUT2D eigenvalue weighted by molar-refractivity contribution is 0.305. The lowest BCUT2D eigenvalue weighted by atomic mass is 10.1. The van der Waals surface area contributed by atoms with Gasteiger partial charge in [-0.05, 0) is 73.7 Å². The number of para-hydroxylation sites is 1. The highest BCUT2D eigenvalue weighted by Crippen LogP contribution is 2.30. The molecule has 2 N–H and O–H groups in total. The third kappa shape index (κ3) is 6.45. The normalized spacial score (nSPS) is 13.8. The number of aromatic nitrogens is 2. The summed E-state index contributed by atoms with van der Waals surface area (Å²) in [4.78, 5) is 11.6. The number of unbranched alkanes of at least 4 members (excludes halogenated alkanes) is 2. The molecule has 0 spiro atoms. The van der Waals surface area contributed by atoms with Gasteiger partial charge in [0.2, 0.25) is 0 Å². The molecule has 5 rings (SSSR count). The van der Waals surface area contributed by atoms with Gasteiger partial charge in [-0.3, -0.25) is 4.99 Å². The number of H-pyrrole nitrogens is 2. The van der Waals surface area contributed by atoms with Crippen LogP contribution in [0.15, 0.2) is 108 Å². The third-order valence-corrected chi connectivity index (χ3v) is 6.04. The number of nitrogens with zero attached hydrogens (tertiary/aromatic N) is 1. The molecule has 0 unspecified atom stereocenters. The van der Waals surface area contributed by atoms with E-state index in [0.29, 0.717) is 6.61 Å². The van der Waals surface area contributed by atoms with E-state index >= 15 is 0 Å². The topological polar surface area (TPSA) is 62.4 Å². The van der Waals surface area contributed by atoms with Crippen molar-refractivity contribution in [3.63, 3.8) is 0 Å². The van der Waals surface area contributed by atoms with Crippen molar-refractivity contribution in [3.8, 4) is 22.9 Å². The van der Waals surface area contributed by atoms with Crippen LogP contribution in [0, 0.1) is 0 Å². The number of nitrogens with one attached hydrogen (secondary N) is 2. The van der Waals surface area contributed by atoms with E-state index in [1.54, 1.807) is 0 Å². The Labute approximate surface area is 212 Å². The van der Waals surface area contributed by atoms with E-state index in [9.17, 15) is 0 Å². The van der Waals surface area contributed by atoms with Crippen LogP contribution in [0.4, 0.5) is 0 Å². The number of rotatable bonds is 12. The zero-order valence-electron chi connectivity index (χ0n) is 20.3. The third-order valence-electron chi connectivity index (χ3n) is 6.04. The lowest BCUT2D eigenvalue weighted by Gasteiger charge is -2.06. The molecule has 1 aliphatic rings. The van der Waals surface area contributed by atoms with E-state index in [4.69, 9.17) is 14.5 Å². The lowest BCUT2D eigenvalue weighted by Crippen LogP contribution is -1.98. The Bertz CT molecular complexity index is 1320. The summed E-state index contributed by atoms with van der Waals surface area (Å²) >= 11 is 0. The Morgan fingerprint density at radius 2 is 1.61 bits per heavy atom. The largest absolute Gasteiger partial charge is 0.494 e. The summed E-state index contributed by atoms with van der Waals surface area (Å²) < 4.78 is 12.0. The smallest absolute Gasteiger partial charge is 0.145 e. The fourth-order valence-electron chi connectivity index (χ4n) is 4.14. The molecule has 2 aromatic carbocycles. The van der Waals surface area contributed by atoms with Crippen molar-refractivity contribution in [2.45, 2.75) is 32.3 Å². The van der Waals surface area contributed by atoms with Gasteiger partial charge in [0.25, 0.3) is 0 Å². The van der Waals surface area contributed by atoms with Crippen LogP contribution in [0.1, 0.15) is 36.9 Å². The minimum Gasteiger partial charge on any atom is -0.494 e. The highest BCUT2D eigenvalue weighted by Gasteiger charge is 2.12. The van der Waals surface area contributed by atoms with E-state index in [1.165, 1.54) is 0 Å². The van der Waals surface area contributed by atoms with E-state index < -0.39 is 0 Å². The second kappa shape index (κ2) is 11.9. The van der Waals surface area contributed by atoms with E-state index in [2.05, 4.69) is 40.3 Å². The van der Waals surface area contributed by atoms with E-state index in [-0.39, 0.29) is 0 Å². The predicted molar refractivity (Wildman–Crippen MR) is 146 cm³/mol. The quantitative estimate of drug-likeness (QED) is 0.207. The summed E-state index contributed by atoms with van der Waals surface area (Å²) in [7, 11) is 0. The highest BCUT2D eigenvalue weighted by atomic mass is 16.5. The molecule has 0 aliphatic carbocycles. The molecule has 5 nitrogen and oxygen atoms in total. The molecule has 2 aromatic heterocycles. The summed E-state index contributed by atoms with van der Waals surface area (Å²) in [6.07, 6.45) is 12.4. The molecular weight excluding hydrogens is 446 g/mol. The van der Waals surface area contributed by atoms with E-state index in [1.807, 2.05) is 72.9 Å². The van der Waals surface area contributed by atoms with Crippen LogP contribution in [-0.2, 0) is 6.61 Å². The van der Waals surface area contributed by atoms with Crippen LogP contribution in [-0.4, -0.2) is 22.3 Å². The Kier molecular flexibility index (Phi) is 7.79. The highest BCUT2D eigenvalue weighted by molar-refractivity contribution is 5.99. The molecule has 0 fully saturated rings. The monoisotopic (exact) mass is 477 g/mol. The Morgan fingerprint density at radius 3 is 2.42 bits per heavy atom. The fourth-order valence-corrected chi connectivity index (χ4v) is 4.14. The first kappa shape index (κ1) is 23.5. The van der Waals surface area contributed by atoms with Gasteiger partial charge in [0, 0.05) is 18.0 Å². The molecule has 0 radical (unpaired) electrons. The van der Waals surface area contributed by atoms with Crippen molar-refractivity contribution in [2.75, 3.05) is 6.61 Å². The summed E-state index contributed by atoms with van der Waals surface area (Å²) in [6.45, 7) is 1.26. The van der Waals surface area contributed by atoms with Crippen molar-refractivity contribution in [2.24, 2.45) is 4.99 Å². The molecule has 5 heteroatoms. The molecule has 0 bridgehead atoms. The van der Waals surface area contributed by atoms with Gasteiger partial charge in [0.1, 0.15) is 18.1 Å². The minimum absolute atomic E-state index is 0.511. The molecule has 3 heterocycles. The van der Waals surface area contributed by atoms with Crippen LogP contribution in [0.5, 0.6) is 11.5 Å². The van der Waals surface area contributed by atoms with Gasteiger partial charge >= 0.3 is 0 Å². The average Bonchev–Trinajstić information content (AvgIpc) is 3.68. The van der Waals surface area contributed by atoms with Crippen LogP contribution >= 0.6 is 0 Å². The second-order valence-electron chi connectivity index (χ2n) is 8.80. The number of aliphatic imine (C=N–C) groups is 1. The molecule has 182 valence electrons. The first-order valence-electron chi connectivity index (χ1n) is 12.5. The molecule has 0 saturated heterocycles. The maximum absolute atomic E-state index is 6.20. The van der Waals surface area contributed by atoms with Gasteiger partial charge in [-0.15, -0.1) is 0 Å². The Hall–Kier alpha value is -4.25. The standard InChI is InChI=1S/C31H31N3O2/c1-4-11-24(12-5-1)23-36-31-22-29(28-16-10-19-32-28)34-30(31)21-26-18-17-25(33-26)13-6-3-9-20-35-27-14-7-2-8-15-27/h1-2,4-5,7-8,10-12,14-19,21-22,32,34H,3,6,9,13,20,23H2. The van der Waals surface area contributed by atoms with Crippen molar-refractivity contribution >= 4 is 11.8 Å². The zero-order valence-corrected chi connectivity index (χ0v) is 20.3. The molecule has 0 amide bonds. The second-order valence-corrected chi connectivity index (χ2v) is 8.80. The summed E-state index contributed by atoms with van der Waals surface area (Å²) in [5.41, 5.74) is 6.10. The maximum Gasteiger partial charge on any atom is 0.145 e. The van der Waals surface area contributed by atoms with Crippen LogP contribution in [0.3, 0.4) is 0 Å². The van der Waals surface area contributed by atoms with Gasteiger partial charge in [-0.2, -0.15) is 0 Å². The van der Waals surface area contributed by atoms with Gasteiger partial charge in [0.15, 0.2) is 0 Å². The van der Waals surface area contributed by atoms with Gasteiger partial charge in [-0.1, -0.05) is 48.5 Å². The predicted octanol–water partition coefficient (Wildman–Crippen LogP) is 7.58. The number of hydrogen-bond acceptors (Lipinski definition) is 3.